The Labute approximate surface area is 131 Å². The molecule has 1 heterocycles. The number of ketones is 1. The van der Waals surface area contributed by atoms with Crippen LogP contribution in [0.25, 0.3) is 0 Å². The second-order valence-electron chi connectivity index (χ2n) is 4.28. The number of methoxy groups -OCH3 is 1. The SMILES string of the molecule is COC(=O)CN(CC(=O)c1cccs1)c1ccccc1Cl. The number of carbonyl (C=O) groups excluding carboxylic acids is 2. The monoisotopic (exact) mass is 323 g/mol. The van der Waals surface area contributed by atoms with Gasteiger partial charge in [-0.2, -0.15) is 0 Å². The Morgan fingerprint density at radius 3 is 2.57 bits per heavy atom. The lowest BCUT2D eigenvalue weighted by Crippen LogP contribution is -2.35. The third-order valence-corrected chi connectivity index (χ3v) is 4.10. The molecule has 0 bridgehead atoms. The number of halogens is 1. The number of para-hydroxylation sites is 1. The third kappa shape index (κ3) is 4.06. The van der Waals surface area contributed by atoms with Crippen molar-refractivity contribution in [2.24, 2.45) is 0 Å². The first-order chi connectivity index (χ1) is 10.1. The molecule has 2 aromatic rings. The molecule has 0 amide bonds. The number of rotatable bonds is 6. The molecule has 6 heteroatoms. The summed E-state index contributed by atoms with van der Waals surface area (Å²) in [6.07, 6.45) is 0. The van der Waals surface area contributed by atoms with Crippen LogP contribution in [0.5, 0.6) is 0 Å². The van der Waals surface area contributed by atoms with E-state index in [0.29, 0.717) is 15.6 Å². The number of anilines is 1. The average Bonchev–Trinajstić information content (AvgIpc) is 3.01. The van der Waals surface area contributed by atoms with Crippen LogP contribution >= 0.6 is 22.9 Å². The number of thiophene rings is 1. The number of Topliss-reactive ketones (excluding diaryl/α,β-unsaturated/α-hetero) is 1. The van der Waals surface area contributed by atoms with Gasteiger partial charge >= 0.3 is 5.97 Å². The lowest BCUT2D eigenvalue weighted by atomic mass is 10.2. The van der Waals surface area contributed by atoms with E-state index in [1.54, 1.807) is 35.2 Å². The van der Waals surface area contributed by atoms with Crippen molar-refractivity contribution in [2.75, 3.05) is 25.1 Å². The summed E-state index contributed by atoms with van der Waals surface area (Å²) in [5.41, 5.74) is 0.634. The molecule has 0 radical (unpaired) electrons. The molecule has 1 aromatic carbocycles. The minimum absolute atomic E-state index is 0.0304. The van der Waals surface area contributed by atoms with Crippen LogP contribution in [0, 0.1) is 0 Å². The summed E-state index contributed by atoms with van der Waals surface area (Å²) >= 11 is 7.52. The summed E-state index contributed by atoms with van der Waals surface area (Å²) in [6.45, 7) is 0.0384. The fraction of sp³-hybridized carbons (Fsp3) is 0.200. The largest absolute Gasteiger partial charge is 0.468 e. The number of hydrogen-bond acceptors (Lipinski definition) is 5. The standard InChI is InChI=1S/C15H14ClNO3S/c1-20-15(19)10-17(12-6-3-2-5-11(12)16)9-13(18)14-7-4-8-21-14/h2-8H,9-10H2,1H3. The highest BCUT2D eigenvalue weighted by Gasteiger charge is 2.19. The van der Waals surface area contributed by atoms with Crippen molar-refractivity contribution in [1.29, 1.82) is 0 Å². The van der Waals surface area contributed by atoms with Crippen LogP contribution < -0.4 is 4.90 Å². The molecular weight excluding hydrogens is 310 g/mol. The Balaban J connectivity index is 2.22. The lowest BCUT2D eigenvalue weighted by Gasteiger charge is -2.23. The molecule has 0 atom stereocenters. The van der Waals surface area contributed by atoms with E-state index in [0.717, 1.165) is 0 Å². The Bertz CT molecular complexity index is 628. The van der Waals surface area contributed by atoms with E-state index < -0.39 is 5.97 Å². The molecule has 0 saturated heterocycles. The number of benzene rings is 1. The zero-order chi connectivity index (χ0) is 15.2. The Hall–Kier alpha value is -1.85. The lowest BCUT2D eigenvalue weighted by molar-refractivity contribution is -0.138. The van der Waals surface area contributed by atoms with Gasteiger partial charge in [0, 0.05) is 0 Å². The van der Waals surface area contributed by atoms with E-state index in [2.05, 4.69) is 4.74 Å². The zero-order valence-corrected chi connectivity index (χ0v) is 13.0. The summed E-state index contributed by atoms with van der Waals surface area (Å²) in [5.74, 6) is -0.484. The second kappa shape index (κ2) is 7.24. The van der Waals surface area contributed by atoms with Gasteiger partial charge in [0.15, 0.2) is 5.78 Å². The topological polar surface area (TPSA) is 46.6 Å². The highest BCUT2D eigenvalue weighted by atomic mass is 35.5. The summed E-state index contributed by atoms with van der Waals surface area (Å²) < 4.78 is 4.68. The number of carbonyl (C=O) groups is 2. The van der Waals surface area contributed by atoms with Crippen LogP contribution in [-0.4, -0.2) is 32.0 Å². The first-order valence-corrected chi connectivity index (χ1v) is 7.50. The molecule has 4 nitrogen and oxygen atoms in total. The molecule has 0 fully saturated rings. The minimum atomic E-state index is -0.422. The molecule has 21 heavy (non-hydrogen) atoms. The van der Waals surface area contributed by atoms with Crippen LogP contribution in [0.15, 0.2) is 41.8 Å². The fourth-order valence-electron chi connectivity index (χ4n) is 1.84. The van der Waals surface area contributed by atoms with Crippen LogP contribution in [0.4, 0.5) is 5.69 Å². The third-order valence-electron chi connectivity index (χ3n) is 2.87. The van der Waals surface area contributed by atoms with E-state index in [1.807, 2.05) is 11.4 Å². The van der Waals surface area contributed by atoms with E-state index in [4.69, 9.17) is 11.6 Å². The Morgan fingerprint density at radius 1 is 1.19 bits per heavy atom. The van der Waals surface area contributed by atoms with Gasteiger partial charge in [-0.15, -0.1) is 11.3 Å². The summed E-state index contributed by atoms with van der Waals surface area (Å²) in [7, 11) is 1.31. The van der Waals surface area contributed by atoms with Gasteiger partial charge in [-0.05, 0) is 23.6 Å². The fourth-order valence-corrected chi connectivity index (χ4v) is 2.76. The van der Waals surface area contributed by atoms with Crippen molar-refractivity contribution in [1.82, 2.24) is 0 Å². The number of ether oxygens (including phenoxy) is 1. The molecular formula is C15H14ClNO3S. The van der Waals surface area contributed by atoms with Gasteiger partial charge in [-0.1, -0.05) is 29.8 Å². The number of nitrogens with zero attached hydrogens (tertiary/aromatic N) is 1. The van der Waals surface area contributed by atoms with Gasteiger partial charge in [-0.3, -0.25) is 9.59 Å². The second-order valence-corrected chi connectivity index (χ2v) is 5.64. The van der Waals surface area contributed by atoms with Gasteiger partial charge in [0.1, 0.15) is 6.54 Å². The highest BCUT2D eigenvalue weighted by Crippen LogP contribution is 2.25. The van der Waals surface area contributed by atoms with Gasteiger partial charge in [0.25, 0.3) is 0 Å². The molecule has 110 valence electrons. The molecule has 0 unspecified atom stereocenters. The van der Waals surface area contributed by atoms with Crippen molar-refractivity contribution in [3.8, 4) is 0 Å². The van der Waals surface area contributed by atoms with Crippen molar-refractivity contribution in [3.05, 3.63) is 51.7 Å². The highest BCUT2D eigenvalue weighted by molar-refractivity contribution is 7.12. The first-order valence-electron chi connectivity index (χ1n) is 6.25. The van der Waals surface area contributed by atoms with Gasteiger partial charge < -0.3 is 9.64 Å². The van der Waals surface area contributed by atoms with Crippen molar-refractivity contribution in [3.63, 3.8) is 0 Å². The molecule has 2 rings (SSSR count). The summed E-state index contributed by atoms with van der Waals surface area (Å²) in [5, 5.41) is 2.33. The molecule has 0 aliphatic heterocycles. The van der Waals surface area contributed by atoms with Crippen molar-refractivity contribution >= 4 is 40.4 Å². The molecule has 0 spiro atoms. The van der Waals surface area contributed by atoms with Crippen LogP contribution in [0.1, 0.15) is 9.67 Å². The predicted molar refractivity (Wildman–Crippen MR) is 84.3 cm³/mol. The van der Waals surface area contributed by atoms with E-state index in [-0.39, 0.29) is 18.9 Å². The number of esters is 1. The molecule has 0 aliphatic rings. The van der Waals surface area contributed by atoms with Crippen molar-refractivity contribution in [2.45, 2.75) is 0 Å². The van der Waals surface area contributed by atoms with Crippen LogP contribution in [0.3, 0.4) is 0 Å². The normalized spacial score (nSPS) is 10.2. The Morgan fingerprint density at radius 2 is 1.95 bits per heavy atom. The van der Waals surface area contributed by atoms with E-state index >= 15 is 0 Å². The maximum absolute atomic E-state index is 12.2. The number of hydrogen-bond donors (Lipinski definition) is 0. The van der Waals surface area contributed by atoms with Crippen LogP contribution in [-0.2, 0) is 9.53 Å². The van der Waals surface area contributed by atoms with Crippen molar-refractivity contribution < 1.29 is 14.3 Å². The average molecular weight is 324 g/mol. The zero-order valence-electron chi connectivity index (χ0n) is 11.4. The summed E-state index contributed by atoms with van der Waals surface area (Å²) in [6, 6.07) is 10.7. The molecule has 0 aliphatic carbocycles. The molecule has 0 N–H and O–H groups in total. The summed E-state index contributed by atoms with van der Waals surface area (Å²) in [4.78, 5) is 26.1. The molecule has 0 saturated carbocycles. The van der Waals surface area contributed by atoms with Gasteiger partial charge in [0.2, 0.25) is 0 Å². The van der Waals surface area contributed by atoms with Gasteiger partial charge in [0.05, 0.1) is 29.2 Å². The quantitative estimate of drug-likeness (QED) is 0.604. The maximum Gasteiger partial charge on any atom is 0.325 e. The smallest absolute Gasteiger partial charge is 0.325 e. The first kappa shape index (κ1) is 15.5. The predicted octanol–water partition coefficient (Wildman–Crippen LogP) is 3.26. The van der Waals surface area contributed by atoms with Crippen LogP contribution in [0.2, 0.25) is 5.02 Å². The van der Waals surface area contributed by atoms with Gasteiger partial charge in [-0.25, -0.2) is 0 Å². The minimum Gasteiger partial charge on any atom is -0.468 e. The maximum atomic E-state index is 12.2. The Kier molecular flexibility index (Phi) is 5.36. The molecule has 1 aromatic heterocycles. The van der Waals surface area contributed by atoms with E-state index in [1.165, 1.54) is 18.4 Å². The van der Waals surface area contributed by atoms with E-state index in [9.17, 15) is 9.59 Å².